The van der Waals surface area contributed by atoms with E-state index in [9.17, 15) is 0 Å². The van der Waals surface area contributed by atoms with Gasteiger partial charge in [0.1, 0.15) is 6.33 Å². The molecule has 0 bridgehead atoms. The van der Waals surface area contributed by atoms with Gasteiger partial charge in [0, 0.05) is 5.56 Å². The van der Waals surface area contributed by atoms with Crippen molar-refractivity contribution >= 4 is 11.6 Å². The van der Waals surface area contributed by atoms with Crippen LogP contribution in [-0.4, -0.2) is 14.8 Å². The second kappa shape index (κ2) is 5.34. The molecule has 4 nitrogen and oxygen atoms in total. The van der Waals surface area contributed by atoms with Crippen molar-refractivity contribution in [3.05, 3.63) is 83.2 Å². The zero-order valence-corrected chi connectivity index (χ0v) is 14.1. The summed E-state index contributed by atoms with van der Waals surface area (Å²) in [4.78, 5) is 4.39. The van der Waals surface area contributed by atoms with Crippen LogP contribution in [0.1, 0.15) is 29.2 Å². The molecule has 4 heteroatoms. The summed E-state index contributed by atoms with van der Waals surface area (Å²) in [7, 11) is 0. The van der Waals surface area contributed by atoms with Crippen LogP contribution in [-0.2, 0) is 5.54 Å². The van der Waals surface area contributed by atoms with E-state index in [-0.39, 0.29) is 5.54 Å². The minimum atomic E-state index is -0.336. The lowest BCUT2D eigenvalue weighted by Gasteiger charge is -2.34. The molecule has 120 valence electrons. The Bertz CT molecular complexity index is 904. The quantitative estimate of drug-likeness (QED) is 0.773. The first-order valence-electron chi connectivity index (χ1n) is 8.11. The van der Waals surface area contributed by atoms with Crippen LogP contribution in [0.5, 0.6) is 0 Å². The third kappa shape index (κ3) is 2.40. The Kier molecular flexibility index (Phi) is 3.27. The van der Waals surface area contributed by atoms with E-state index in [0.717, 1.165) is 17.2 Å². The van der Waals surface area contributed by atoms with Gasteiger partial charge in [-0.3, -0.25) is 0 Å². The predicted molar refractivity (Wildman–Crippen MR) is 96.7 cm³/mol. The number of fused-ring (bicyclic) bond motifs is 1. The van der Waals surface area contributed by atoms with E-state index in [1.165, 1.54) is 16.7 Å². The van der Waals surface area contributed by atoms with Crippen molar-refractivity contribution in [2.24, 2.45) is 0 Å². The maximum atomic E-state index is 4.39. The number of nitrogens with zero attached hydrogens (tertiary/aromatic N) is 3. The molecule has 0 saturated carbocycles. The van der Waals surface area contributed by atoms with Gasteiger partial charge in [-0.05, 0) is 32.4 Å². The average molecular weight is 316 g/mol. The summed E-state index contributed by atoms with van der Waals surface area (Å²) in [6.45, 7) is 6.37. The molecular formula is C20H20N4. The number of rotatable bonds is 2. The smallest absolute Gasteiger partial charge is 0.226 e. The van der Waals surface area contributed by atoms with Crippen LogP contribution in [0.2, 0.25) is 0 Å². The molecule has 24 heavy (non-hydrogen) atoms. The van der Waals surface area contributed by atoms with E-state index in [0.29, 0.717) is 0 Å². The van der Waals surface area contributed by atoms with Gasteiger partial charge in [-0.1, -0.05) is 59.7 Å². The summed E-state index contributed by atoms with van der Waals surface area (Å²) in [6, 6.07) is 17.1. The molecule has 1 aliphatic heterocycles. The normalized spacial score (nSPS) is 19.4. The zero-order chi connectivity index (χ0) is 16.7. The van der Waals surface area contributed by atoms with Crippen molar-refractivity contribution in [1.29, 1.82) is 0 Å². The highest BCUT2D eigenvalue weighted by molar-refractivity contribution is 5.73. The van der Waals surface area contributed by atoms with Gasteiger partial charge in [-0.25, -0.2) is 0 Å². The molecule has 3 aromatic rings. The Morgan fingerprint density at radius 1 is 0.917 bits per heavy atom. The summed E-state index contributed by atoms with van der Waals surface area (Å²) in [5.74, 6) is 0.760. The van der Waals surface area contributed by atoms with E-state index in [4.69, 9.17) is 0 Å². The highest BCUT2D eigenvalue weighted by Crippen LogP contribution is 2.36. The summed E-state index contributed by atoms with van der Waals surface area (Å²) in [5, 5.41) is 7.90. The molecule has 0 saturated heterocycles. The number of aromatic nitrogens is 3. The molecule has 0 fully saturated rings. The van der Waals surface area contributed by atoms with Crippen LogP contribution < -0.4 is 5.32 Å². The van der Waals surface area contributed by atoms with Crippen molar-refractivity contribution in [3.63, 3.8) is 0 Å². The summed E-state index contributed by atoms with van der Waals surface area (Å²) >= 11 is 0. The van der Waals surface area contributed by atoms with Gasteiger partial charge in [0.25, 0.3) is 0 Å². The SMILES string of the molecule is Cc1ccc(C2=CC(C)(c3ccc(C)cc3)Nc3ncnn32)cc1. The van der Waals surface area contributed by atoms with Crippen LogP contribution in [0.4, 0.5) is 5.95 Å². The van der Waals surface area contributed by atoms with Crippen LogP contribution in [0, 0.1) is 13.8 Å². The van der Waals surface area contributed by atoms with E-state index < -0.39 is 0 Å². The standard InChI is InChI=1S/C20H20N4/c1-14-4-8-16(9-5-14)18-12-20(3,17-10-6-15(2)7-11-17)23-19-21-13-22-24(18)19/h4-13H,1-3H3,(H,21,22,23). The number of aryl methyl sites for hydroxylation is 2. The number of hydrogen-bond acceptors (Lipinski definition) is 3. The van der Waals surface area contributed by atoms with Gasteiger partial charge in [0.15, 0.2) is 0 Å². The van der Waals surface area contributed by atoms with Gasteiger partial charge in [0.05, 0.1) is 11.2 Å². The van der Waals surface area contributed by atoms with Crippen molar-refractivity contribution in [2.45, 2.75) is 26.3 Å². The molecule has 0 radical (unpaired) electrons. The molecule has 0 amide bonds. The second-order valence-electron chi connectivity index (χ2n) is 6.58. The molecule has 1 aliphatic rings. The van der Waals surface area contributed by atoms with Gasteiger partial charge >= 0.3 is 0 Å². The van der Waals surface area contributed by atoms with Crippen LogP contribution in [0.25, 0.3) is 5.70 Å². The Labute approximate surface area is 141 Å². The lowest BCUT2D eigenvalue weighted by Crippen LogP contribution is -2.35. The van der Waals surface area contributed by atoms with Gasteiger partial charge in [0.2, 0.25) is 5.95 Å². The minimum absolute atomic E-state index is 0.336. The fourth-order valence-electron chi connectivity index (χ4n) is 3.09. The summed E-state index contributed by atoms with van der Waals surface area (Å²) in [6.07, 6.45) is 3.81. The highest BCUT2D eigenvalue weighted by Gasteiger charge is 2.32. The Balaban J connectivity index is 1.87. The maximum Gasteiger partial charge on any atom is 0.226 e. The number of benzene rings is 2. The second-order valence-corrected chi connectivity index (χ2v) is 6.58. The molecule has 0 aliphatic carbocycles. The molecular weight excluding hydrogens is 296 g/mol. The first-order valence-corrected chi connectivity index (χ1v) is 8.11. The fraction of sp³-hybridized carbons (Fsp3) is 0.200. The third-order valence-electron chi connectivity index (χ3n) is 4.57. The number of nitrogens with one attached hydrogen (secondary N) is 1. The van der Waals surface area contributed by atoms with Gasteiger partial charge in [-0.2, -0.15) is 14.8 Å². The van der Waals surface area contributed by atoms with E-state index in [2.05, 4.69) is 90.8 Å². The Morgan fingerprint density at radius 2 is 1.54 bits per heavy atom. The molecule has 2 heterocycles. The lowest BCUT2D eigenvalue weighted by atomic mass is 9.88. The zero-order valence-electron chi connectivity index (χ0n) is 14.1. The van der Waals surface area contributed by atoms with E-state index >= 15 is 0 Å². The molecule has 0 spiro atoms. The largest absolute Gasteiger partial charge is 0.341 e. The van der Waals surface area contributed by atoms with Crippen LogP contribution in [0.15, 0.2) is 60.9 Å². The van der Waals surface area contributed by atoms with Gasteiger partial charge < -0.3 is 5.32 Å². The van der Waals surface area contributed by atoms with E-state index in [1.807, 2.05) is 4.68 Å². The monoisotopic (exact) mass is 316 g/mol. The molecule has 2 aromatic carbocycles. The van der Waals surface area contributed by atoms with E-state index in [1.54, 1.807) is 6.33 Å². The minimum Gasteiger partial charge on any atom is -0.341 e. The van der Waals surface area contributed by atoms with Crippen LogP contribution in [0.3, 0.4) is 0 Å². The molecule has 1 unspecified atom stereocenters. The first-order chi connectivity index (χ1) is 11.5. The summed E-state index contributed by atoms with van der Waals surface area (Å²) < 4.78 is 1.86. The Morgan fingerprint density at radius 3 is 2.21 bits per heavy atom. The first kappa shape index (κ1) is 14.7. The predicted octanol–water partition coefficient (Wildman–Crippen LogP) is 4.13. The molecule has 1 atom stereocenters. The topological polar surface area (TPSA) is 42.7 Å². The van der Waals surface area contributed by atoms with Crippen molar-refractivity contribution in [3.8, 4) is 0 Å². The highest BCUT2D eigenvalue weighted by atomic mass is 15.4. The fourth-order valence-corrected chi connectivity index (χ4v) is 3.09. The maximum absolute atomic E-state index is 4.39. The number of hydrogen-bond donors (Lipinski definition) is 1. The lowest BCUT2D eigenvalue weighted by molar-refractivity contribution is 0.650. The average Bonchev–Trinajstić information content (AvgIpc) is 3.03. The van der Waals surface area contributed by atoms with Gasteiger partial charge in [-0.15, -0.1) is 0 Å². The third-order valence-corrected chi connectivity index (χ3v) is 4.57. The van der Waals surface area contributed by atoms with Crippen LogP contribution >= 0.6 is 0 Å². The number of anilines is 1. The summed E-state index contributed by atoms with van der Waals surface area (Å²) in [5.41, 5.74) is 5.54. The van der Waals surface area contributed by atoms with Crippen molar-refractivity contribution < 1.29 is 0 Å². The molecule has 1 N–H and O–H groups in total. The van der Waals surface area contributed by atoms with Crippen molar-refractivity contribution in [1.82, 2.24) is 14.8 Å². The van der Waals surface area contributed by atoms with Crippen molar-refractivity contribution in [2.75, 3.05) is 5.32 Å². The molecule has 4 rings (SSSR count). The molecule has 1 aromatic heterocycles. The Hall–Kier alpha value is -2.88.